The Morgan fingerprint density at radius 2 is 2.12 bits per heavy atom. The average molecular weight is 447 g/mol. The molecule has 1 unspecified atom stereocenters. The Kier molecular flexibility index (Phi) is 10.1. The minimum atomic E-state index is 0. The van der Waals surface area contributed by atoms with E-state index in [9.17, 15) is 0 Å². The number of fused-ring (bicyclic) bond motifs is 1. The number of nitrogens with one attached hydrogen (secondary N) is 2. The molecule has 1 aliphatic rings. The maximum atomic E-state index is 5.92. The second-order valence-corrected chi connectivity index (χ2v) is 6.17. The van der Waals surface area contributed by atoms with Crippen LogP contribution in [0.15, 0.2) is 29.3 Å². The number of nitrogens with zero attached hydrogens (tertiary/aromatic N) is 1. The third kappa shape index (κ3) is 7.25. The number of para-hydroxylation sites is 1. The molecule has 0 aromatic heterocycles. The predicted molar refractivity (Wildman–Crippen MR) is 110 cm³/mol. The van der Waals surface area contributed by atoms with E-state index in [0.29, 0.717) is 19.1 Å². The van der Waals surface area contributed by atoms with E-state index in [-0.39, 0.29) is 30.1 Å². The van der Waals surface area contributed by atoms with Gasteiger partial charge in [0.1, 0.15) is 11.9 Å². The lowest BCUT2D eigenvalue weighted by Crippen LogP contribution is -2.39. The zero-order valence-electron chi connectivity index (χ0n) is 14.9. The van der Waals surface area contributed by atoms with Gasteiger partial charge >= 0.3 is 0 Å². The first-order valence-electron chi connectivity index (χ1n) is 8.53. The van der Waals surface area contributed by atoms with Crippen molar-refractivity contribution in [3.8, 4) is 5.75 Å². The van der Waals surface area contributed by atoms with Gasteiger partial charge in [-0.05, 0) is 24.5 Å². The molecule has 0 amide bonds. The highest BCUT2D eigenvalue weighted by molar-refractivity contribution is 14.0. The van der Waals surface area contributed by atoms with Crippen LogP contribution in [0.4, 0.5) is 0 Å². The zero-order valence-corrected chi connectivity index (χ0v) is 17.2. The van der Waals surface area contributed by atoms with Gasteiger partial charge in [-0.3, -0.25) is 0 Å². The van der Waals surface area contributed by atoms with Crippen molar-refractivity contribution in [2.75, 3.05) is 32.8 Å². The molecule has 1 aromatic carbocycles. The molecule has 2 N–H and O–H groups in total. The Morgan fingerprint density at radius 3 is 2.83 bits per heavy atom. The normalized spacial score (nSPS) is 16.3. The maximum Gasteiger partial charge on any atom is 0.191 e. The van der Waals surface area contributed by atoms with E-state index in [1.165, 1.54) is 5.56 Å². The Morgan fingerprint density at radius 1 is 1.33 bits per heavy atom. The Hall–Kier alpha value is -1.02. The van der Waals surface area contributed by atoms with Crippen molar-refractivity contribution < 1.29 is 9.47 Å². The van der Waals surface area contributed by atoms with Crippen molar-refractivity contribution in [1.82, 2.24) is 10.6 Å². The smallest absolute Gasteiger partial charge is 0.191 e. The molecular formula is C18H30IN3O2. The number of guanidine groups is 1. The molecular weight excluding hydrogens is 417 g/mol. The fraction of sp³-hybridized carbons (Fsp3) is 0.611. The summed E-state index contributed by atoms with van der Waals surface area (Å²) in [7, 11) is 0. The van der Waals surface area contributed by atoms with Crippen LogP contribution >= 0.6 is 24.0 Å². The third-order valence-corrected chi connectivity index (χ3v) is 3.50. The molecule has 0 radical (unpaired) electrons. The minimum Gasteiger partial charge on any atom is -0.488 e. The first kappa shape index (κ1) is 21.0. The molecule has 1 aromatic rings. The summed E-state index contributed by atoms with van der Waals surface area (Å²) >= 11 is 0. The summed E-state index contributed by atoms with van der Waals surface area (Å²) < 4.78 is 11.5. The van der Waals surface area contributed by atoms with Crippen LogP contribution in [0.1, 0.15) is 26.3 Å². The Balaban J connectivity index is 0.00000288. The third-order valence-electron chi connectivity index (χ3n) is 3.50. The summed E-state index contributed by atoms with van der Waals surface area (Å²) in [5, 5.41) is 6.55. The SMILES string of the molecule is CCNC(=NCC1Cc2ccccc2O1)NCCOCC(C)C.I. The highest BCUT2D eigenvalue weighted by Crippen LogP contribution is 2.28. The number of rotatable bonds is 8. The first-order chi connectivity index (χ1) is 11.2. The van der Waals surface area contributed by atoms with Gasteiger partial charge < -0.3 is 20.1 Å². The van der Waals surface area contributed by atoms with Gasteiger partial charge in [0.25, 0.3) is 0 Å². The lowest BCUT2D eigenvalue weighted by molar-refractivity contribution is 0.114. The Labute approximate surface area is 162 Å². The van der Waals surface area contributed by atoms with Gasteiger partial charge in [-0.2, -0.15) is 0 Å². The van der Waals surface area contributed by atoms with Crippen LogP contribution in [-0.2, 0) is 11.2 Å². The zero-order chi connectivity index (χ0) is 16.5. The maximum absolute atomic E-state index is 5.92. The predicted octanol–water partition coefficient (Wildman–Crippen LogP) is 2.84. The van der Waals surface area contributed by atoms with Crippen molar-refractivity contribution in [2.45, 2.75) is 33.3 Å². The standard InChI is InChI=1S/C18H29N3O2.HI/c1-4-19-18(20-9-10-22-13-14(2)3)21-12-16-11-15-7-5-6-8-17(15)23-16;/h5-8,14,16H,4,9-13H2,1-3H3,(H2,19,20,21);1H. The van der Waals surface area contributed by atoms with Crippen molar-refractivity contribution in [3.05, 3.63) is 29.8 Å². The Bertz CT molecular complexity index is 484. The van der Waals surface area contributed by atoms with Gasteiger partial charge in [-0.1, -0.05) is 32.0 Å². The lowest BCUT2D eigenvalue weighted by Gasteiger charge is -2.13. The lowest BCUT2D eigenvalue weighted by atomic mass is 10.1. The minimum absolute atomic E-state index is 0. The van der Waals surface area contributed by atoms with Crippen molar-refractivity contribution in [2.24, 2.45) is 10.9 Å². The van der Waals surface area contributed by atoms with Crippen molar-refractivity contribution in [3.63, 3.8) is 0 Å². The van der Waals surface area contributed by atoms with Gasteiger partial charge in [0.2, 0.25) is 0 Å². The molecule has 6 heteroatoms. The number of ether oxygens (including phenoxy) is 2. The topological polar surface area (TPSA) is 54.9 Å². The van der Waals surface area contributed by atoms with Crippen LogP contribution in [0.5, 0.6) is 5.75 Å². The molecule has 136 valence electrons. The second-order valence-electron chi connectivity index (χ2n) is 6.17. The van der Waals surface area contributed by atoms with E-state index in [1.54, 1.807) is 0 Å². The largest absolute Gasteiger partial charge is 0.488 e. The van der Waals surface area contributed by atoms with Crippen LogP contribution in [-0.4, -0.2) is 44.9 Å². The van der Waals surface area contributed by atoms with E-state index in [1.807, 2.05) is 12.1 Å². The molecule has 0 bridgehead atoms. The number of halogens is 1. The molecule has 0 saturated heterocycles. The summed E-state index contributed by atoms with van der Waals surface area (Å²) in [6.07, 6.45) is 1.05. The van der Waals surface area contributed by atoms with Crippen LogP contribution in [0, 0.1) is 5.92 Å². The first-order valence-corrected chi connectivity index (χ1v) is 8.53. The summed E-state index contributed by atoms with van der Waals surface area (Å²) in [6.45, 7) is 10.1. The van der Waals surface area contributed by atoms with Gasteiger partial charge in [0, 0.05) is 26.1 Å². The van der Waals surface area contributed by atoms with Gasteiger partial charge in [0.05, 0.1) is 13.2 Å². The van der Waals surface area contributed by atoms with E-state index in [2.05, 4.69) is 48.5 Å². The molecule has 1 atom stereocenters. The van der Waals surface area contributed by atoms with Gasteiger partial charge in [0.15, 0.2) is 5.96 Å². The van der Waals surface area contributed by atoms with Crippen LogP contribution in [0.2, 0.25) is 0 Å². The van der Waals surface area contributed by atoms with Crippen molar-refractivity contribution >= 4 is 29.9 Å². The summed E-state index contributed by atoms with van der Waals surface area (Å²) in [5.41, 5.74) is 1.27. The highest BCUT2D eigenvalue weighted by atomic mass is 127. The van der Waals surface area contributed by atoms with Crippen LogP contribution in [0.3, 0.4) is 0 Å². The van der Waals surface area contributed by atoms with Crippen molar-refractivity contribution in [1.29, 1.82) is 0 Å². The summed E-state index contributed by atoms with van der Waals surface area (Å²) in [4.78, 5) is 4.63. The number of hydrogen-bond donors (Lipinski definition) is 2. The molecule has 24 heavy (non-hydrogen) atoms. The quantitative estimate of drug-likeness (QED) is 0.279. The average Bonchev–Trinajstić information content (AvgIpc) is 2.94. The van der Waals surface area contributed by atoms with E-state index in [4.69, 9.17) is 9.47 Å². The molecule has 0 saturated carbocycles. The van der Waals surface area contributed by atoms with Crippen LogP contribution < -0.4 is 15.4 Å². The van der Waals surface area contributed by atoms with Gasteiger partial charge in [-0.15, -0.1) is 24.0 Å². The molecule has 5 nitrogen and oxygen atoms in total. The van der Waals surface area contributed by atoms with Gasteiger partial charge in [-0.25, -0.2) is 4.99 Å². The molecule has 1 aliphatic heterocycles. The molecule has 0 spiro atoms. The monoisotopic (exact) mass is 447 g/mol. The van der Waals surface area contributed by atoms with Crippen LogP contribution in [0.25, 0.3) is 0 Å². The van der Waals surface area contributed by atoms with E-state index in [0.717, 1.165) is 37.8 Å². The highest BCUT2D eigenvalue weighted by Gasteiger charge is 2.21. The fourth-order valence-corrected chi connectivity index (χ4v) is 2.45. The second kappa shape index (κ2) is 11.5. The van der Waals surface area contributed by atoms with E-state index >= 15 is 0 Å². The summed E-state index contributed by atoms with van der Waals surface area (Å²) in [5.74, 6) is 2.38. The molecule has 0 fully saturated rings. The number of benzene rings is 1. The molecule has 0 aliphatic carbocycles. The number of aliphatic imine (C=N–C) groups is 1. The fourth-order valence-electron chi connectivity index (χ4n) is 2.45. The van der Waals surface area contributed by atoms with E-state index < -0.39 is 0 Å². The summed E-state index contributed by atoms with van der Waals surface area (Å²) in [6, 6.07) is 8.20. The molecule has 2 rings (SSSR count). The molecule has 1 heterocycles. The number of hydrogen-bond acceptors (Lipinski definition) is 3.